The van der Waals surface area contributed by atoms with E-state index in [1.807, 2.05) is 36.4 Å². The Hall–Kier alpha value is -4.52. The Balaban J connectivity index is 1.24. The van der Waals surface area contributed by atoms with Gasteiger partial charge in [-0.2, -0.15) is 15.5 Å². The van der Waals surface area contributed by atoms with Crippen molar-refractivity contribution in [2.24, 2.45) is 5.92 Å². The van der Waals surface area contributed by atoms with Crippen LogP contribution in [0, 0.1) is 17.2 Å². The molecule has 1 fully saturated rings. The number of nitriles is 1. The molecule has 1 unspecified atom stereocenters. The van der Waals surface area contributed by atoms with Crippen molar-refractivity contribution in [2.75, 3.05) is 37.7 Å². The summed E-state index contributed by atoms with van der Waals surface area (Å²) in [7, 11) is 0. The molecule has 1 N–H and O–H groups in total. The minimum absolute atomic E-state index is 0.113. The fourth-order valence-corrected chi connectivity index (χ4v) is 5.28. The molecule has 5 heterocycles. The van der Waals surface area contributed by atoms with Gasteiger partial charge in [-0.1, -0.05) is 37.3 Å². The summed E-state index contributed by atoms with van der Waals surface area (Å²) in [6.45, 7) is 7.55. The quantitative estimate of drug-likeness (QED) is 0.322. The summed E-state index contributed by atoms with van der Waals surface area (Å²) in [6, 6.07) is 19.1. The van der Waals surface area contributed by atoms with Crippen LogP contribution in [-0.4, -0.2) is 67.2 Å². The Morgan fingerprint density at radius 3 is 2.48 bits per heavy atom. The van der Waals surface area contributed by atoms with Crippen molar-refractivity contribution in [3.63, 3.8) is 0 Å². The molecule has 1 aliphatic rings. The van der Waals surface area contributed by atoms with Crippen molar-refractivity contribution in [1.82, 2.24) is 29.3 Å². The van der Waals surface area contributed by atoms with Crippen molar-refractivity contribution in [3.05, 3.63) is 90.6 Å². The van der Waals surface area contributed by atoms with Gasteiger partial charge >= 0.3 is 0 Å². The number of pyridine rings is 2. The first-order chi connectivity index (χ1) is 19.6. The molecular weight excluding hydrogens is 500 g/mol. The minimum Gasteiger partial charge on any atom is -0.396 e. The average Bonchev–Trinajstić information content (AvgIpc) is 3.65. The zero-order valence-corrected chi connectivity index (χ0v) is 22.6. The zero-order chi connectivity index (χ0) is 27.5. The Morgan fingerprint density at radius 1 is 0.925 bits per heavy atom. The van der Waals surface area contributed by atoms with E-state index in [0.29, 0.717) is 12.1 Å². The molecule has 9 nitrogen and oxygen atoms in total. The van der Waals surface area contributed by atoms with Crippen LogP contribution in [0.1, 0.15) is 18.1 Å². The summed E-state index contributed by atoms with van der Waals surface area (Å²) in [5, 5.41) is 28.1. The van der Waals surface area contributed by atoms with Crippen LogP contribution in [-0.2, 0) is 13.1 Å². The van der Waals surface area contributed by atoms with Crippen LogP contribution in [0.2, 0.25) is 0 Å². The number of anilines is 1. The minimum atomic E-state index is 0.113. The van der Waals surface area contributed by atoms with E-state index in [0.717, 1.165) is 66.3 Å². The topological polar surface area (TPSA) is 98.5 Å². The Bertz CT molecular complexity index is 1630. The van der Waals surface area contributed by atoms with Crippen LogP contribution in [0.3, 0.4) is 0 Å². The zero-order valence-electron chi connectivity index (χ0n) is 22.6. The molecule has 5 aromatic rings. The van der Waals surface area contributed by atoms with Crippen molar-refractivity contribution in [1.29, 1.82) is 5.26 Å². The highest BCUT2D eigenvalue weighted by Gasteiger charge is 2.19. The molecule has 0 aliphatic carbocycles. The van der Waals surface area contributed by atoms with Crippen LogP contribution in [0.5, 0.6) is 0 Å². The number of fused-ring (bicyclic) bond motifs is 1. The maximum Gasteiger partial charge on any atom is 0.128 e. The number of hydrogen-bond donors (Lipinski definition) is 1. The van der Waals surface area contributed by atoms with Gasteiger partial charge in [-0.3, -0.25) is 9.58 Å². The number of piperazine rings is 1. The molecule has 202 valence electrons. The van der Waals surface area contributed by atoms with E-state index in [1.54, 1.807) is 10.7 Å². The van der Waals surface area contributed by atoms with E-state index in [2.05, 4.69) is 74.6 Å². The summed E-state index contributed by atoms with van der Waals surface area (Å²) < 4.78 is 3.61. The summed E-state index contributed by atoms with van der Waals surface area (Å²) in [5.74, 6) is 1.08. The van der Waals surface area contributed by atoms with Gasteiger partial charge in [-0.05, 0) is 29.7 Å². The molecule has 0 bridgehead atoms. The average molecular weight is 533 g/mol. The van der Waals surface area contributed by atoms with E-state index in [9.17, 15) is 10.4 Å². The first-order valence-electron chi connectivity index (χ1n) is 13.6. The van der Waals surface area contributed by atoms with E-state index in [1.165, 1.54) is 5.56 Å². The summed E-state index contributed by atoms with van der Waals surface area (Å²) in [4.78, 5) is 9.65. The van der Waals surface area contributed by atoms with Crippen molar-refractivity contribution < 1.29 is 5.11 Å². The van der Waals surface area contributed by atoms with Crippen LogP contribution < -0.4 is 4.90 Å². The first kappa shape index (κ1) is 25.7. The second kappa shape index (κ2) is 11.3. The van der Waals surface area contributed by atoms with Crippen LogP contribution in [0.4, 0.5) is 5.82 Å². The van der Waals surface area contributed by atoms with Crippen LogP contribution >= 0.6 is 0 Å². The van der Waals surface area contributed by atoms with E-state index < -0.39 is 0 Å². The van der Waals surface area contributed by atoms with Gasteiger partial charge in [0.25, 0.3) is 0 Å². The lowest BCUT2D eigenvalue weighted by Crippen LogP contribution is -2.46. The summed E-state index contributed by atoms with van der Waals surface area (Å²) >= 11 is 0. The number of nitrogens with zero attached hydrogens (tertiary/aromatic N) is 8. The highest BCUT2D eigenvalue weighted by molar-refractivity contribution is 5.87. The van der Waals surface area contributed by atoms with Crippen LogP contribution in [0.15, 0.2) is 79.5 Å². The maximum atomic E-state index is 9.76. The van der Waals surface area contributed by atoms with Gasteiger partial charge in [0.15, 0.2) is 0 Å². The van der Waals surface area contributed by atoms with Crippen molar-refractivity contribution in [2.45, 2.75) is 20.0 Å². The number of aliphatic hydroxyl groups is 1. The van der Waals surface area contributed by atoms with Crippen molar-refractivity contribution in [3.8, 4) is 28.3 Å². The number of benzene rings is 1. The predicted octanol–water partition coefficient (Wildman–Crippen LogP) is 4.08. The fraction of sp³-hybridized carbons (Fsp3) is 0.290. The Morgan fingerprint density at radius 2 is 1.75 bits per heavy atom. The molecular formula is C31H32N8O. The summed E-state index contributed by atoms with van der Waals surface area (Å²) in [6.07, 6.45) is 9.22. The van der Waals surface area contributed by atoms with Crippen LogP contribution in [0.25, 0.3) is 27.8 Å². The van der Waals surface area contributed by atoms with Gasteiger partial charge in [0.05, 0.1) is 23.5 Å². The number of aromatic nitrogens is 5. The molecule has 1 aromatic carbocycles. The van der Waals surface area contributed by atoms with Crippen molar-refractivity contribution >= 4 is 11.3 Å². The fourth-order valence-electron chi connectivity index (χ4n) is 5.28. The van der Waals surface area contributed by atoms with Gasteiger partial charge in [-0.15, -0.1) is 0 Å². The largest absolute Gasteiger partial charge is 0.396 e. The molecule has 0 amide bonds. The number of rotatable bonds is 8. The SMILES string of the molecule is CC(CO)Cn1cc(-c2cc(-c3ccc(N4CCN(Cc5ccccc5)CC4)nc3)c3c(C#N)cnn3c2)cn1. The maximum absolute atomic E-state index is 9.76. The molecule has 1 aliphatic heterocycles. The third-order valence-electron chi connectivity index (χ3n) is 7.51. The lowest BCUT2D eigenvalue weighted by atomic mass is 10.0. The summed E-state index contributed by atoms with van der Waals surface area (Å²) in [5.41, 5.74) is 6.34. The van der Waals surface area contributed by atoms with Gasteiger partial charge in [0, 0.05) is 86.7 Å². The molecule has 0 radical (unpaired) electrons. The molecule has 0 spiro atoms. The predicted molar refractivity (Wildman–Crippen MR) is 155 cm³/mol. The van der Waals surface area contributed by atoms with E-state index in [4.69, 9.17) is 4.98 Å². The van der Waals surface area contributed by atoms with Gasteiger partial charge in [0.2, 0.25) is 0 Å². The highest BCUT2D eigenvalue weighted by Crippen LogP contribution is 2.32. The molecule has 0 saturated carbocycles. The highest BCUT2D eigenvalue weighted by atomic mass is 16.3. The second-order valence-corrected chi connectivity index (χ2v) is 10.5. The third-order valence-corrected chi connectivity index (χ3v) is 7.51. The van der Waals surface area contributed by atoms with Gasteiger partial charge < -0.3 is 10.0 Å². The van der Waals surface area contributed by atoms with E-state index >= 15 is 0 Å². The standard InChI is InChI=1S/C31H32N8O/c1-23(22-40)18-38-20-28(17-34-38)26-13-29(31-27(14-32)16-35-39(31)21-26)25-7-8-30(33-15-25)37-11-9-36(10-12-37)19-24-5-3-2-4-6-24/h2-8,13,15-17,20-21,23,40H,9-12,18-19,22H2,1H3. The number of hydrogen-bond acceptors (Lipinski definition) is 7. The Kier molecular flexibility index (Phi) is 7.27. The smallest absolute Gasteiger partial charge is 0.128 e. The third kappa shape index (κ3) is 5.32. The normalized spacial score (nSPS) is 14.9. The van der Waals surface area contributed by atoms with Gasteiger partial charge in [0.1, 0.15) is 11.9 Å². The molecule has 40 heavy (non-hydrogen) atoms. The van der Waals surface area contributed by atoms with Gasteiger partial charge in [-0.25, -0.2) is 9.50 Å². The molecule has 6 rings (SSSR count). The second-order valence-electron chi connectivity index (χ2n) is 10.5. The monoisotopic (exact) mass is 532 g/mol. The molecule has 1 saturated heterocycles. The molecule has 4 aromatic heterocycles. The molecule has 1 atom stereocenters. The molecule has 9 heteroatoms. The van der Waals surface area contributed by atoms with E-state index in [-0.39, 0.29) is 12.5 Å². The number of aliphatic hydroxyl groups excluding tert-OH is 1. The Labute approximate surface area is 233 Å². The first-order valence-corrected chi connectivity index (χ1v) is 13.6. The lowest BCUT2D eigenvalue weighted by Gasteiger charge is -2.35. The lowest BCUT2D eigenvalue weighted by molar-refractivity contribution is 0.219.